The summed E-state index contributed by atoms with van der Waals surface area (Å²) >= 11 is 0. The molecular formula is C66H99N11O16. The van der Waals surface area contributed by atoms with Crippen molar-refractivity contribution in [1.29, 1.82) is 0 Å². The van der Waals surface area contributed by atoms with E-state index in [1.54, 1.807) is 83.0 Å². The first-order valence-electron chi connectivity index (χ1n) is 31.9. The largest absolute Gasteiger partial charge is 0.480 e. The molecule has 0 spiro atoms. The third kappa shape index (κ3) is 22.4. The van der Waals surface area contributed by atoms with Crippen LogP contribution in [0.2, 0.25) is 0 Å². The molecule has 0 aliphatic carbocycles. The number of carboxylic acid groups (broad SMARTS) is 1. The maximum atomic E-state index is 14.7. The quantitative estimate of drug-likeness (QED) is 0.0350. The fraction of sp³-hybridized carbons (Fsp3) is 0.606. The number of anilines is 1. The summed E-state index contributed by atoms with van der Waals surface area (Å²) in [6.07, 6.45) is 3.00. The zero-order valence-electron chi connectivity index (χ0n) is 55.9. The number of likely N-dealkylation sites (N-methyl/N-ethyl adjacent to an activating group) is 1. The van der Waals surface area contributed by atoms with Gasteiger partial charge in [-0.05, 0) is 93.4 Å². The number of nitrogens with one attached hydrogen (secondary N) is 5. The minimum Gasteiger partial charge on any atom is -0.480 e. The lowest BCUT2D eigenvalue weighted by atomic mass is 9.89. The maximum absolute atomic E-state index is 14.7. The molecule has 12 amide bonds. The molecule has 0 saturated carbocycles. The summed E-state index contributed by atoms with van der Waals surface area (Å²) in [6.45, 7) is 15.6. The second-order valence-corrected chi connectivity index (χ2v) is 25.2. The van der Waals surface area contributed by atoms with Gasteiger partial charge < -0.3 is 67.2 Å². The van der Waals surface area contributed by atoms with Crippen molar-refractivity contribution in [3.05, 3.63) is 77.9 Å². The number of likely N-dealkylation sites (tertiary alicyclic amines) is 1. The number of primary amides is 2. The normalized spacial score (nSPS) is 16.9. The molecule has 2 aliphatic heterocycles. The van der Waals surface area contributed by atoms with Crippen molar-refractivity contribution in [3.8, 4) is 0 Å². The molecule has 514 valence electrons. The Bertz CT molecular complexity index is 2920. The van der Waals surface area contributed by atoms with Gasteiger partial charge in [0.1, 0.15) is 36.3 Å². The van der Waals surface area contributed by atoms with Crippen LogP contribution in [0.15, 0.2) is 66.7 Å². The van der Waals surface area contributed by atoms with E-state index >= 15 is 0 Å². The number of nitrogens with two attached hydrogens (primary N) is 2. The van der Waals surface area contributed by atoms with E-state index in [2.05, 4.69) is 26.6 Å². The number of hydrogen-bond donors (Lipinski definition) is 8. The summed E-state index contributed by atoms with van der Waals surface area (Å²) in [6, 6.07) is 8.32. The number of aliphatic carboxylic acids is 1. The number of amides is 12. The van der Waals surface area contributed by atoms with E-state index in [1.165, 1.54) is 62.2 Å². The molecule has 0 radical (unpaired) electrons. The van der Waals surface area contributed by atoms with Crippen molar-refractivity contribution in [2.24, 2.45) is 35.1 Å². The van der Waals surface area contributed by atoms with Crippen LogP contribution in [0, 0.1) is 23.7 Å². The number of imide groups is 1. The maximum Gasteiger partial charge on any atom is 0.408 e. The number of urea groups is 1. The van der Waals surface area contributed by atoms with Gasteiger partial charge in [0.05, 0.1) is 36.6 Å². The van der Waals surface area contributed by atoms with Crippen LogP contribution in [-0.4, -0.2) is 186 Å². The van der Waals surface area contributed by atoms with Gasteiger partial charge in [0.15, 0.2) is 0 Å². The number of carboxylic acids is 1. The Balaban J connectivity index is 1.43. The van der Waals surface area contributed by atoms with Crippen LogP contribution < -0.4 is 43.0 Å². The van der Waals surface area contributed by atoms with E-state index in [-0.39, 0.29) is 69.3 Å². The molecule has 1 saturated heterocycles. The number of hydrogen-bond acceptors (Lipinski definition) is 15. The molecule has 0 unspecified atom stereocenters. The van der Waals surface area contributed by atoms with Gasteiger partial charge in [-0.2, -0.15) is 0 Å². The Morgan fingerprint density at radius 2 is 1.40 bits per heavy atom. The predicted molar refractivity (Wildman–Crippen MR) is 345 cm³/mol. The minimum absolute atomic E-state index is 0.0100. The summed E-state index contributed by atoms with van der Waals surface area (Å²) in [7, 11) is 4.49. The van der Waals surface area contributed by atoms with Crippen molar-refractivity contribution in [2.45, 2.75) is 194 Å². The SMILES string of the molecule is CC[C@H](C)[C@@H]([C@@H](CC(=O)N1CCC[C@H]1[C@H](OC)[C@@H](C)C(=O)N[C@@H](Cc1ccccc1)C(=O)O)OC)N(C)C(=O)[C@@H](NC(=O)C(C)(C)NC(=O)OCc1ccc(N(C(=O)[C@@H](NC(=O)CCCCCN2C(=O)C=CC2=O)C(C)C)[C@@H](CCCNC(N)=O)C(N)=O)cc1)C(C)C. The predicted octanol–water partition coefficient (Wildman–Crippen LogP) is 3.83. The Hall–Kier alpha value is -8.46. The van der Waals surface area contributed by atoms with Crippen molar-refractivity contribution >= 4 is 76.9 Å². The van der Waals surface area contributed by atoms with E-state index in [0.29, 0.717) is 50.6 Å². The number of carbonyl (C=O) groups excluding carboxylic acids is 11. The highest BCUT2D eigenvalue weighted by Gasteiger charge is 2.45. The molecule has 27 nitrogen and oxygen atoms in total. The molecule has 0 aromatic heterocycles. The van der Waals surface area contributed by atoms with Gasteiger partial charge in [0.25, 0.3) is 17.7 Å². The Labute approximate surface area is 545 Å². The van der Waals surface area contributed by atoms with E-state index in [0.717, 1.165) is 10.5 Å². The summed E-state index contributed by atoms with van der Waals surface area (Å²) in [5.41, 5.74) is 10.9. The zero-order valence-corrected chi connectivity index (χ0v) is 55.9. The first-order chi connectivity index (χ1) is 43.9. The summed E-state index contributed by atoms with van der Waals surface area (Å²) in [5.74, 6) is -8.00. The van der Waals surface area contributed by atoms with Crippen LogP contribution in [-0.2, 0) is 75.2 Å². The van der Waals surface area contributed by atoms with Crippen molar-refractivity contribution in [2.75, 3.05) is 45.8 Å². The molecule has 2 aromatic carbocycles. The number of carbonyl (C=O) groups is 12. The lowest BCUT2D eigenvalue weighted by Crippen LogP contribution is -2.62. The monoisotopic (exact) mass is 1300 g/mol. The molecule has 10 atom stereocenters. The van der Waals surface area contributed by atoms with Gasteiger partial charge in [0, 0.05) is 71.6 Å². The molecule has 4 rings (SSSR count). The molecule has 2 aromatic rings. The van der Waals surface area contributed by atoms with Gasteiger partial charge in [-0.15, -0.1) is 0 Å². The van der Waals surface area contributed by atoms with Gasteiger partial charge >= 0.3 is 18.1 Å². The Morgan fingerprint density at radius 3 is 1.96 bits per heavy atom. The van der Waals surface area contributed by atoms with Gasteiger partial charge in [-0.1, -0.05) is 104 Å². The average Bonchev–Trinajstić information content (AvgIpc) is 1.66. The topological polar surface area (TPSA) is 378 Å². The number of methoxy groups -OCH3 is 2. The fourth-order valence-corrected chi connectivity index (χ4v) is 11.6. The average molecular weight is 1300 g/mol. The third-order valence-corrected chi connectivity index (χ3v) is 17.2. The van der Waals surface area contributed by atoms with Gasteiger partial charge in [-0.3, -0.25) is 53.0 Å². The lowest BCUT2D eigenvalue weighted by Gasteiger charge is -2.41. The van der Waals surface area contributed by atoms with E-state index in [9.17, 15) is 62.6 Å². The molecule has 2 aliphatic rings. The molecule has 27 heteroatoms. The van der Waals surface area contributed by atoms with Crippen LogP contribution in [0.4, 0.5) is 15.3 Å². The Morgan fingerprint density at radius 1 is 0.774 bits per heavy atom. The number of nitrogens with zero attached hydrogens (tertiary/aromatic N) is 4. The highest BCUT2D eigenvalue weighted by molar-refractivity contribution is 6.13. The van der Waals surface area contributed by atoms with E-state index < -0.39 is 137 Å². The number of rotatable bonds is 38. The van der Waals surface area contributed by atoms with Crippen LogP contribution in [0.25, 0.3) is 0 Å². The standard InChI is InChI=1S/C66H99N11O16/c1-13-41(6)56(49(91-11)37-53(81)75-35-21-25-47(75)57(92-12)42(7)59(83)70-46(62(86)87)36-43-22-16-14-17-23-43)74(10)60(84)54(39(2)3)72-63(88)66(8,9)73-65(90)93-38-44-27-29-45(30-28-44)77(48(58(67)82)24-20-33-69-64(68)89)61(85)55(40(4)5)71-50(78)26-18-15-19-34-76-51(79)31-32-52(76)80/h14,16-17,22-23,27-32,39-42,46-49,54-57H,13,15,18-21,24-26,33-38H2,1-12H3,(H2,67,82)(H,70,83)(H,71,78)(H,72,88)(H,73,90)(H,86,87)(H3,68,69,89)/t41-,42+,46-,47-,48-,49+,54-,55-,56-,57+/m0/s1. The van der Waals surface area contributed by atoms with Crippen molar-refractivity contribution in [1.82, 2.24) is 41.3 Å². The zero-order chi connectivity index (χ0) is 69.4. The summed E-state index contributed by atoms with van der Waals surface area (Å²) in [5, 5.41) is 23.3. The fourth-order valence-electron chi connectivity index (χ4n) is 11.6. The van der Waals surface area contributed by atoms with Gasteiger partial charge in [-0.25, -0.2) is 14.4 Å². The van der Waals surface area contributed by atoms with Crippen LogP contribution in [0.5, 0.6) is 0 Å². The molecule has 0 bridgehead atoms. The first kappa shape index (κ1) is 77.0. The number of unbranched alkanes of at least 4 members (excludes halogenated alkanes) is 2. The van der Waals surface area contributed by atoms with Crippen molar-refractivity contribution in [3.63, 3.8) is 0 Å². The van der Waals surface area contributed by atoms with Gasteiger partial charge in [0.2, 0.25) is 35.4 Å². The molecule has 93 heavy (non-hydrogen) atoms. The number of alkyl carbamates (subject to hydrolysis) is 1. The molecule has 10 N–H and O–H groups in total. The van der Waals surface area contributed by atoms with Crippen molar-refractivity contribution < 1.29 is 76.9 Å². The minimum atomic E-state index is -1.65. The highest BCUT2D eigenvalue weighted by Crippen LogP contribution is 2.31. The molecule has 2 heterocycles. The number of benzene rings is 2. The third-order valence-electron chi connectivity index (χ3n) is 17.2. The van der Waals surface area contributed by atoms with E-state index in [1.807, 2.05) is 19.9 Å². The lowest BCUT2D eigenvalue weighted by molar-refractivity contribution is -0.148. The highest BCUT2D eigenvalue weighted by atomic mass is 16.5. The molecule has 1 fully saturated rings. The van der Waals surface area contributed by atoms with Crippen LogP contribution in [0.3, 0.4) is 0 Å². The van der Waals surface area contributed by atoms with Crippen LogP contribution >= 0.6 is 0 Å². The first-order valence-corrected chi connectivity index (χ1v) is 31.9. The molecular weight excluding hydrogens is 1200 g/mol. The van der Waals surface area contributed by atoms with E-state index in [4.69, 9.17) is 25.7 Å². The summed E-state index contributed by atoms with van der Waals surface area (Å²) < 4.78 is 17.5. The number of ether oxygens (including phenoxy) is 3. The smallest absolute Gasteiger partial charge is 0.408 e. The van der Waals surface area contributed by atoms with Crippen LogP contribution in [0.1, 0.15) is 138 Å². The summed E-state index contributed by atoms with van der Waals surface area (Å²) in [4.78, 5) is 165. The second kappa shape index (κ2) is 36.7. The Kier molecular flexibility index (Phi) is 30.4. The second-order valence-electron chi connectivity index (χ2n) is 25.2.